The minimum atomic E-state index is -0.507. The van der Waals surface area contributed by atoms with Crippen LogP contribution in [0.15, 0.2) is 40.9 Å². The zero-order valence-corrected chi connectivity index (χ0v) is 13.2. The van der Waals surface area contributed by atoms with E-state index in [9.17, 15) is 4.39 Å². The maximum absolute atomic E-state index is 13.4. The smallest absolute Gasteiger partial charge is 0.145 e. The van der Waals surface area contributed by atoms with Crippen LogP contribution in [0.2, 0.25) is 5.02 Å². The van der Waals surface area contributed by atoms with Crippen LogP contribution in [0.3, 0.4) is 0 Å². The van der Waals surface area contributed by atoms with Gasteiger partial charge in [0.1, 0.15) is 17.3 Å². The predicted octanol–water partition coefficient (Wildman–Crippen LogP) is 4.92. The Morgan fingerprint density at radius 2 is 2.05 bits per heavy atom. The molecule has 0 aromatic heterocycles. The van der Waals surface area contributed by atoms with E-state index in [4.69, 9.17) is 22.1 Å². The molecule has 2 aromatic carbocycles. The van der Waals surface area contributed by atoms with E-state index in [0.717, 1.165) is 10.0 Å². The fraction of sp³-hybridized carbons (Fsp3) is 0.200. The fourth-order valence-electron chi connectivity index (χ4n) is 1.81. The van der Waals surface area contributed by atoms with Gasteiger partial charge in [-0.3, -0.25) is 0 Å². The van der Waals surface area contributed by atoms with Gasteiger partial charge >= 0.3 is 0 Å². The average Bonchev–Trinajstić information content (AvgIpc) is 2.37. The third kappa shape index (κ3) is 3.95. The number of rotatable bonds is 4. The van der Waals surface area contributed by atoms with Gasteiger partial charge in [0.25, 0.3) is 0 Å². The standard InChI is InChI=1S/C15H14BrClFNO/c1-9(19)6-10-2-3-11(16)7-15(10)20-12-4-5-13(17)14(18)8-12/h2-5,7-9H,6,19H2,1H3. The summed E-state index contributed by atoms with van der Waals surface area (Å²) in [4.78, 5) is 0. The molecule has 0 aliphatic carbocycles. The lowest BCUT2D eigenvalue weighted by Gasteiger charge is -2.13. The second kappa shape index (κ2) is 6.57. The van der Waals surface area contributed by atoms with Crippen molar-refractivity contribution in [1.29, 1.82) is 0 Å². The first-order valence-electron chi connectivity index (χ1n) is 6.12. The summed E-state index contributed by atoms with van der Waals surface area (Å²) in [6.07, 6.45) is 0.679. The first-order chi connectivity index (χ1) is 9.45. The van der Waals surface area contributed by atoms with Crippen molar-refractivity contribution < 1.29 is 9.13 Å². The van der Waals surface area contributed by atoms with Crippen LogP contribution in [0.1, 0.15) is 12.5 Å². The highest BCUT2D eigenvalue weighted by Gasteiger charge is 2.09. The van der Waals surface area contributed by atoms with E-state index in [-0.39, 0.29) is 11.1 Å². The quantitative estimate of drug-likeness (QED) is 0.841. The number of halogens is 3. The average molecular weight is 359 g/mol. The second-order valence-corrected chi connectivity index (χ2v) is 5.93. The minimum absolute atomic E-state index is 0.0143. The Morgan fingerprint density at radius 1 is 1.30 bits per heavy atom. The molecular formula is C15H14BrClFNO. The second-order valence-electron chi connectivity index (χ2n) is 4.61. The van der Waals surface area contributed by atoms with Gasteiger partial charge in [0.2, 0.25) is 0 Å². The van der Waals surface area contributed by atoms with E-state index in [2.05, 4.69) is 15.9 Å². The Labute approximate surface area is 130 Å². The van der Waals surface area contributed by atoms with Crippen molar-refractivity contribution in [2.24, 2.45) is 5.73 Å². The van der Waals surface area contributed by atoms with Crippen molar-refractivity contribution in [3.63, 3.8) is 0 Å². The Kier molecular flexibility index (Phi) is 5.02. The lowest BCUT2D eigenvalue weighted by atomic mass is 10.1. The highest BCUT2D eigenvalue weighted by Crippen LogP contribution is 2.31. The maximum Gasteiger partial charge on any atom is 0.145 e. The summed E-state index contributed by atoms with van der Waals surface area (Å²) in [7, 11) is 0. The first-order valence-corrected chi connectivity index (χ1v) is 7.29. The van der Waals surface area contributed by atoms with Gasteiger partial charge in [-0.1, -0.05) is 33.6 Å². The molecular weight excluding hydrogens is 345 g/mol. The van der Waals surface area contributed by atoms with Gasteiger partial charge in [0, 0.05) is 16.6 Å². The van der Waals surface area contributed by atoms with E-state index in [1.807, 2.05) is 25.1 Å². The van der Waals surface area contributed by atoms with Crippen molar-refractivity contribution in [3.8, 4) is 11.5 Å². The van der Waals surface area contributed by atoms with Gasteiger partial charge < -0.3 is 10.5 Å². The zero-order valence-electron chi connectivity index (χ0n) is 10.9. The monoisotopic (exact) mass is 357 g/mol. The van der Waals surface area contributed by atoms with E-state index in [1.54, 1.807) is 6.07 Å². The van der Waals surface area contributed by atoms with Gasteiger partial charge in [-0.15, -0.1) is 0 Å². The molecule has 2 N–H and O–H groups in total. The summed E-state index contributed by atoms with van der Waals surface area (Å²) in [6.45, 7) is 1.92. The summed E-state index contributed by atoms with van der Waals surface area (Å²) >= 11 is 9.05. The highest BCUT2D eigenvalue weighted by atomic mass is 79.9. The fourth-order valence-corrected chi connectivity index (χ4v) is 2.26. The molecule has 0 heterocycles. The summed E-state index contributed by atoms with van der Waals surface area (Å²) < 4.78 is 20.1. The Bertz CT molecular complexity index is 619. The van der Waals surface area contributed by atoms with Crippen molar-refractivity contribution >= 4 is 27.5 Å². The third-order valence-electron chi connectivity index (χ3n) is 2.69. The molecule has 0 radical (unpaired) electrons. The molecule has 0 bridgehead atoms. The molecule has 2 nitrogen and oxygen atoms in total. The van der Waals surface area contributed by atoms with Gasteiger partial charge in [0.15, 0.2) is 0 Å². The van der Waals surface area contributed by atoms with Crippen LogP contribution in [0.4, 0.5) is 4.39 Å². The molecule has 0 aliphatic rings. The summed E-state index contributed by atoms with van der Waals surface area (Å²) in [6, 6.07) is 10.1. The molecule has 2 aromatic rings. The molecule has 1 unspecified atom stereocenters. The van der Waals surface area contributed by atoms with Crippen LogP contribution in [-0.2, 0) is 6.42 Å². The third-order valence-corrected chi connectivity index (χ3v) is 3.49. The molecule has 0 fully saturated rings. The molecule has 0 spiro atoms. The van der Waals surface area contributed by atoms with E-state index in [1.165, 1.54) is 12.1 Å². The van der Waals surface area contributed by atoms with E-state index < -0.39 is 5.82 Å². The lowest BCUT2D eigenvalue weighted by Crippen LogP contribution is -2.18. The summed E-state index contributed by atoms with van der Waals surface area (Å²) in [5.74, 6) is 0.544. The van der Waals surface area contributed by atoms with Crippen LogP contribution in [0.25, 0.3) is 0 Å². The number of ether oxygens (including phenoxy) is 1. The van der Waals surface area contributed by atoms with Crippen LogP contribution in [0.5, 0.6) is 11.5 Å². The first kappa shape index (κ1) is 15.3. The largest absolute Gasteiger partial charge is 0.457 e. The van der Waals surface area contributed by atoms with Crippen LogP contribution in [-0.4, -0.2) is 6.04 Å². The molecule has 5 heteroatoms. The molecule has 106 valence electrons. The number of nitrogens with two attached hydrogens (primary N) is 1. The Morgan fingerprint density at radius 3 is 2.70 bits per heavy atom. The highest BCUT2D eigenvalue weighted by molar-refractivity contribution is 9.10. The molecule has 0 saturated carbocycles. The van der Waals surface area contributed by atoms with Crippen molar-refractivity contribution in [2.75, 3.05) is 0 Å². The Balaban J connectivity index is 2.31. The van der Waals surface area contributed by atoms with Gasteiger partial charge in [-0.2, -0.15) is 0 Å². The predicted molar refractivity (Wildman–Crippen MR) is 83.0 cm³/mol. The Hall–Kier alpha value is -1.10. The number of hydrogen-bond acceptors (Lipinski definition) is 2. The maximum atomic E-state index is 13.4. The minimum Gasteiger partial charge on any atom is -0.457 e. The van der Waals surface area contributed by atoms with Crippen molar-refractivity contribution in [2.45, 2.75) is 19.4 Å². The van der Waals surface area contributed by atoms with Gasteiger partial charge in [0.05, 0.1) is 5.02 Å². The molecule has 1 atom stereocenters. The van der Waals surface area contributed by atoms with Crippen LogP contribution >= 0.6 is 27.5 Å². The number of hydrogen-bond donors (Lipinski definition) is 1. The normalized spacial score (nSPS) is 12.2. The van der Waals surface area contributed by atoms with Crippen LogP contribution in [0, 0.1) is 5.82 Å². The zero-order chi connectivity index (χ0) is 14.7. The van der Waals surface area contributed by atoms with Crippen molar-refractivity contribution in [3.05, 3.63) is 57.3 Å². The summed E-state index contributed by atoms with van der Waals surface area (Å²) in [5.41, 5.74) is 6.79. The lowest BCUT2D eigenvalue weighted by molar-refractivity contribution is 0.468. The molecule has 0 saturated heterocycles. The van der Waals surface area contributed by atoms with Gasteiger partial charge in [-0.05, 0) is 43.2 Å². The number of benzene rings is 2. The van der Waals surface area contributed by atoms with Crippen molar-refractivity contribution in [1.82, 2.24) is 0 Å². The molecule has 0 amide bonds. The van der Waals surface area contributed by atoms with E-state index >= 15 is 0 Å². The molecule has 20 heavy (non-hydrogen) atoms. The van der Waals surface area contributed by atoms with Gasteiger partial charge in [-0.25, -0.2) is 4.39 Å². The topological polar surface area (TPSA) is 35.2 Å². The van der Waals surface area contributed by atoms with Crippen LogP contribution < -0.4 is 10.5 Å². The SMILES string of the molecule is CC(N)Cc1ccc(Br)cc1Oc1ccc(Cl)c(F)c1. The van der Waals surface area contributed by atoms with E-state index in [0.29, 0.717) is 17.9 Å². The summed E-state index contributed by atoms with van der Waals surface area (Å²) in [5, 5.41) is 0.0717. The molecule has 2 rings (SSSR count). The molecule has 0 aliphatic heterocycles.